The third-order valence-electron chi connectivity index (χ3n) is 3.40. The Kier molecular flexibility index (Phi) is 3.64. The van der Waals surface area contributed by atoms with Crippen LogP contribution in [0.3, 0.4) is 0 Å². The molecule has 1 saturated heterocycles. The van der Waals surface area contributed by atoms with Crippen molar-refractivity contribution in [2.45, 2.75) is 32.5 Å². The predicted octanol–water partition coefficient (Wildman–Crippen LogP) is -0.223. The number of carbonyl (C=O) groups excluding carboxylic acids is 2. The number of nitrogens with one attached hydrogen (secondary N) is 1. The van der Waals surface area contributed by atoms with Crippen LogP contribution in [-0.2, 0) is 22.7 Å². The maximum absolute atomic E-state index is 11.8. The lowest BCUT2D eigenvalue weighted by Crippen LogP contribution is -2.63. The van der Waals surface area contributed by atoms with Gasteiger partial charge in [-0.05, 0) is 31.5 Å². The number of aromatic nitrogens is 1. The van der Waals surface area contributed by atoms with Gasteiger partial charge < -0.3 is 5.73 Å². The van der Waals surface area contributed by atoms with Crippen molar-refractivity contribution in [3.63, 3.8) is 0 Å². The van der Waals surface area contributed by atoms with Crippen LogP contribution in [0.4, 0.5) is 0 Å². The van der Waals surface area contributed by atoms with Crippen LogP contribution in [0.5, 0.6) is 0 Å². The molecule has 102 valence electrons. The van der Waals surface area contributed by atoms with Crippen molar-refractivity contribution in [2.75, 3.05) is 6.54 Å². The highest BCUT2D eigenvalue weighted by atomic mass is 16.2. The van der Waals surface area contributed by atoms with E-state index in [0.29, 0.717) is 13.1 Å². The van der Waals surface area contributed by atoms with Gasteiger partial charge in [-0.15, -0.1) is 0 Å². The van der Waals surface area contributed by atoms with Crippen LogP contribution in [-0.4, -0.2) is 33.8 Å². The summed E-state index contributed by atoms with van der Waals surface area (Å²) in [7, 11) is 0. The number of nitrogens with zero attached hydrogens (tertiary/aromatic N) is 2. The minimum absolute atomic E-state index is 0.207. The fourth-order valence-electron chi connectivity index (χ4n) is 2.05. The summed E-state index contributed by atoms with van der Waals surface area (Å²) in [5.41, 5.74) is 6.63. The summed E-state index contributed by atoms with van der Waals surface area (Å²) in [6, 6.07) is 3.76. The largest absolute Gasteiger partial charge is 0.325 e. The molecule has 0 saturated carbocycles. The number of rotatable bonds is 3. The molecular formula is C13H18N4O2. The number of carbonyl (C=O) groups is 2. The monoisotopic (exact) mass is 262 g/mol. The predicted molar refractivity (Wildman–Crippen MR) is 69.8 cm³/mol. The fraction of sp³-hybridized carbons (Fsp3) is 0.462. The van der Waals surface area contributed by atoms with Gasteiger partial charge in [0, 0.05) is 19.3 Å². The van der Waals surface area contributed by atoms with Crippen LogP contribution in [0.2, 0.25) is 0 Å². The molecule has 19 heavy (non-hydrogen) atoms. The molecular weight excluding hydrogens is 244 g/mol. The molecule has 0 aromatic carbocycles. The summed E-state index contributed by atoms with van der Waals surface area (Å²) in [5.74, 6) is -0.533. The molecule has 0 spiro atoms. The fourth-order valence-corrected chi connectivity index (χ4v) is 2.05. The molecule has 3 N–H and O–H groups in total. The molecule has 0 radical (unpaired) electrons. The Labute approximate surface area is 112 Å². The van der Waals surface area contributed by atoms with Crippen molar-refractivity contribution in [3.8, 4) is 0 Å². The smallest absolute Gasteiger partial charge is 0.246 e. The van der Waals surface area contributed by atoms with E-state index in [1.54, 1.807) is 20.0 Å². The van der Waals surface area contributed by atoms with Crippen molar-refractivity contribution < 1.29 is 9.59 Å². The average molecular weight is 262 g/mol. The lowest BCUT2D eigenvalue weighted by atomic mass is 9.98. The van der Waals surface area contributed by atoms with E-state index >= 15 is 0 Å². The average Bonchev–Trinajstić information content (AvgIpc) is 2.36. The molecule has 0 atom stereocenters. The highest BCUT2D eigenvalue weighted by Gasteiger charge is 2.40. The van der Waals surface area contributed by atoms with Gasteiger partial charge in [-0.1, -0.05) is 0 Å². The first kappa shape index (κ1) is 13.6. The van der Waals surface area contributed by atoms with Crippen molar-refractivity contribution in [2.24, 2.45) is 5.73 Å². The van der Waals surface area contributed by atoms with Crippen molar-refractivity contribution >= 4 is 11.8 Å². The summed E-state index contributed by atoms with van der Waals surface area (Å²) >= 11 is 0. The van der Waals surface area contributed by atoms with E-state index in [9.17, 15) is 9.59 Å². The molecule has 0 unspecified atom stereocenters. The number of piperazine rings is 1. The zero-order valence-electron chi connectivity index (χ0n) is 11.1. The first-order valence-electron chi connectivity index (χ1n) is 6.16. The summed E-state index contributed by atoms with van der Waals surface area (Å²) in [6.07, 6.45) is 1.69. The second kappa shape index (κ2) is 5.07. The molecule has 2 amide bonds. The first-order valence-corrected chi connectivity index (χ1v) is 6.16. The number of nitrogens with two attached hydrogens (primary N) is 1. The van der Waals surface area contributed by atoms with Crippen LogP contribution in [0, 0.1) is 0 Å². The Morgan fingerprint density at radius 1 is 1.47 bits per heavy atom. The van der Waals surface area contributed by atoms with Crippen LogP contribution < -0.4 is 11.1 Å². The molecule has 1 fully saturated rings. The van der Waals surface area contributed by atoms with Crippen molar-refractivity contribution in [3.05, 3.63) is 29.6 Å². The van der Waals surface area contributed by atoms with E-state index in [1.165, 1.54) is 0 Å². The number of amides is 2. The first-order chi connectivity index (χ1) is 8.93. The molecule has 1 aromatic heterocycles. The number of hydrogen-bond acceptors (Lipinski definition) is 5. The molecule has 6 heteroatoms. The van der Waals surface area contributed by atoms with Crippen LogP contribution >= 0.6 is 0 Å². The van der Waals surface area contributed by atoms with E-state index in [2.05, 4.69) is 10.3 Å². The summed E-state index contributed by atoms with van der Waals surface area (Å²) in [6.45, 7) is 4.71. The van der Waals surface area contributed by atoms with E-state index in [-0.39, 0.29) is 18.4 Å². The lowest BCUT2D eigenvalue weighted by molar-refractivity contribution is -0.145. The van der Waals surface area contributed by atoms with Crippen molar-refractivity contribution in [1.82, 2.24) is 15.2 Å². The maximum atomic E-state index is 11.8. The molecule has 2 heterocycles. The van der Waals surface area contributed by atoms with E-state index < -0.39 is 5.54 Å². The van der Waals surface area contributed by atoms with Gasteiger partial charge in [0.1, 0.15) is 0 Å². The Bertz CT molecular complexity index is 513. The molecule has 0 aliphatic carbocycles. The zero-order valence-corrected chi connectivity index (χ0v) is 11.1. The van der Waals surface area contributed by atoms with Gasteiger partial charge in [-0.3, -0.25) is 24.8 Å². The third-order valence-corrected chi connectivity index (χ3v) is 3.40. The second-order valence-corrected chi connectivity index (χ2v) is 5.15. The Balaban J connectivity index is 2.20. The second-order valence-electron chi connectivity index (χ2n) is 5.15. The highest BCUT2D eigenvalue weighted by Crippen LogP contribution is 2.21. The standard InChI is InChI=1S/C13H18N4O2/c1-13(2)12(19)16-11(18)8-17(13)7-9-3-4-15-10(5-9)6-14/h3-5H,6-8,14H2,1-2H3,(H,16,18,19). The maximum Gasteiger partial charge on any atom is 0.246 e. The summed E-state index contributed by atoms with van der Waals surface area (Å²) < 4.78 is 0. The van der Waals surface area contributed by atoms with E-state index in [1.807, 2.05) is 17.0 Å². The van der Waals surface area contributed by atoms with Gasteiger partial charge in [0.05, 0.1) is 17.8 Å². The molecule has 1 aliphatic rings. The molecule has 6 nitrogen and oxygen atoms in total. The van der Waals surface area contributed by atoms with Gasteiger partial charge in [0.25, 0.3) is 0 Å². The van der Waals surface area contributed by atoms with Crippen LogP contribution in [0.15, 0.2) is 18.3 Å². The van der Waals surface area contributed by atoms with Gasteiger partial charge in [0.2, 0.25) is 11.8 Å². The minimum atomic E-state index is -0.708. The summed E-state index contributed by atoms with van der Waals surface area (Å²) in [4.78, 5) is 29.3. The summed E-state index contributed by atoms with van der Waals surface area (Å²) in [5, 5.41) is 2.36. The Hall–Kier alpha value is -1.79. The number of imide groups is 1. The van der Waals surface area contributed by atoms with Gasteiger partial charge >= 0.3 is 0 Å². The SMILES string of the molecule is CC1(C)C(=O)NC(=O)CN1Cc1ccnc(CN)c1. The van der Waals surface area contributed by atoms with Gasteiger partial charge in [-0.2, -0.15) is 0 Å². The zero-order chi connectivity index (χ0) is 14.0. The lowest BCUT2D eigenvalue weighted by Gasteiger charge is -2.40. The van der Waals surface area contributed by atoms with Gasteiger partial charge in [-0.25, -0.2) is 0 Å². The number of hydrogen-bond donors (Lipinski definition) is 2. The minimum Gasteiger partial charge on any atom is -0.325 e. The van der Waals surface area contributed by atoms with Gasteiger partial charge in [0.15, 0.2) is 0 Å². The van der Waals surface area contributed by atoms with E-state index in [0.717, 1.165) is 11.3 Å². The molecule has 1 aliphatic heterocycles. The van der Waals surface area contributed by atoms with Crippen LogP contribution in [0.1, 0.15) is 25.1 Å². The third kappa shape index (κ3) is 2.80. The normalized spacial score (nSPS) is 19.3. The molecule has 1 aromatic rings. The highest BCUT2D eigenvalue weighted by molar-refractivity contribution is 6.02. The molecule has 0 bridgehead atoms. The van der Waals surface area contributed by atoms with Crippen LogP contribution in [0.25, 0.3) is 0 Å². The topological polar surface area (TPSA) is 88.3 Å². The Morgan fingerprint density at radius 3 is 2.89 bits per heavy atom. The molecule has 2 rings (SSSR count). The van der Waals surface area contributed by atoms with E-state index in [4.69, 9.17) is 5.73 Å². The Morgan fingerprint density at radius 2 is 2.21 bits per heavy atom. The quantitative estimate of drug-likeness (QED) is 0.735. The van der Waals surface area contributed by atoms with Crippen molar-refractivity contribution in [1.29, 1.82) is 0 Å². The number of pyridine rings is 1.